The summed E-state index contributed by atoms with van der Waals surface area (Å²) in [5.41, 5.74) is 1.71. The Bertz CT molecular complexity index is 838. The summed E-state index contributed by atoms with van der Waals surface area (Å²) in [6, 6.07) is 12.7. The molecule has 7 heteroatoms. The van der Waals surface area contributed by atoms with Crippen molar-refractivity contribution in [1.82, 2.24) is 4.98 Å². The van der Waals surface area contributed by atoms with Gasteiger partial charge < -0.3 is 10.1 Å². The smallest absolute Gasteiger partial charge is 0.262 e. The average Bonchev–Trinajstić information content (AvgIpc) is 3.09. The number of anilines is 1. The largest absolute Gasteiger partial charge is 0.482 e. The number of rotatable bonds is 5. The topological polar surface area (TPSA) is 51.2 Å². The molecule has 1 N–H and O–H groups in total. The zero-order chi connectivity index (χ0) is 16.9. The third kappa shape index (κ3) is 4.35. The molecule has 0 aliphatic rings. The van der Waals surface area contributed by atoms with Gasteiger partial charge >= 0.3 is 0 Å². The predicted octanol–water partition coefficient (Wildman–Crippen LogP) is 5.24. The second-order valence-electron chi connectivity index (χ2n) is 4.83. The molecule has 0 radical (unpaired) electrons. The summed E-state index contributed by atoms with van der Waals surface area (Å²) in [7, 11) is 0. The molecular formula is C17H12BrClN2O2S. The van der Waals surface area contributed by atoms with Crippen LogP contribution in [-0.2, 0) is 4.79 Å². The number of amides is 1. The molecule has 0 spiro atoms. The molecule has 1 heterocycles. The Kier molecular flexibility index (Phi) is 5.50. The first-order valence-corrected chi connectivity index (χ1v) is 9.04. The molecule has 2 aromatic carbocycles. The lowest BCUT2D eigenvalue weighted by Crippen LogP contribution is -2.20. The number of benzene rings is 2. The van der Waals surface area contributed by atoms with Crippen molar-refractivity contribution in [3.05, 3.63) is 63.5 Å². The van der Waals surface area contributed by atoms with Gasteiger partial charge in [0.2, 0.25) is 0 Å². The van der Waals surface area contributed by atoms with Crippen LogP contribution in [0.25, 0.3) is 10.6 Å². The molecule has 1 aromatic heterocycles. The van der Waals surface area contributed by atoms with Crippen molar-refractivity contribution in [3.8, 4) is 16.3 Å². The van der Waals surface area contributed by atoms with Crippen LogP contribution in [0.2, 0.25) is 5.02 Å². The van der Waals surface area contributed by atoms with Crippen LogP contribution in [0.5, 0.6) is 5.75 Å². The first-order chi connectivity index (χ1) is 11.6. The van der Waals surface area contributed by atoms with Crippen LogP contribution in [-0.4, -0.2) is 17.5 Å². The summed E-state index contributed by atoms with van der Waals surface area (Å²) >= 11 is 10.9. The van der Waals surface area contributed by atoms with E-state index in [2.05, 4.69) is 26.2 Å². The summed E-state index contributed by atoms with van der Waals surface area (Å²) in [5.74, 6) is 0.213. The Morgan fingerprint density at radius 3 is 2.71 bits per heavy atom. The van der Waals surface area contributed by atoms with Crippen molar-refractivity contribution >= 4 is 50.5 Å². The Balaban J connectivity index is 1.56. The molecule has 3 aromatic rings. The first-order valence-electron chi connectivity index (χ1n) is 6.99. The molecule has 4 nitrogen and oxygen atoms in total. The maximum absolute atomic E-state index is 12.0. The molecule has 122 valence electrons. The lowest BCUT2D eigenvalue weighted by atomic mass is 10.2. The van der Waals surface area contributed by atoms with E-state index < -0.39 is 0 Å². The van der Waals surface area contributed by atoms with E-state index in [-0.39, 0.29) is 12.5 Å². The number of ether oxygens (including phenoxy) is 1. The van der Waals surface area contributed by atoms with Gasteiger partial charge in [-0.3, -0.25) is 4.79 Å². The summed E-state index contributed by atoms with van der Waals surface area (Å²) in [6.07, 6.45) is 1.76. The van der Waals surface area contributed by atoms with Gasteiger partial charge in [-0.05, 0) is 42.5 Å². The van der Waals surface area contributed by atoms with Crippen LogP contribution in [0, 0.1) is 0 Å². The number of carbonyl (C=O) groups excluding carboxylic acids is 1. The molecule has 0 bridgehead atoms. The van der Waals surface area contributed by atoms with Crippen LogP contribution >= 0.6 is 38.9 Å². The third-order valence-electron chi connectivity index (χ3n) is 3.10. The predicted molar refractivity (Wildman–Crippen MR) is 101 cm³/mol. The molecule has 0 aliphatic heterocycles. The van der Waals surface area contributed by atoms with Crippen molar-refractivity contribution in [2.75, 3.05) is 11.9 Å². The average molecular weight is 424 g/mol. The van der Waals surface area contributed by atoms with Crippen molar-refractivity contribution < 1.29 is 9.53 Å². The van der Waals surface area contributed by atoms with E-state index in [0.717, 1.165) is 15.0 Å². The van der Waals surface area contributed by atoms with Crippen LogP contribution in [0.1, 0.15) is 0 Å². The normalized spacial score (nSPS) is 10.4. The van der Waals surface area contributed by atoms with E-state index in [1.54, 1.807) is 35.7 Å². The van der Waals surface area contributed by atoms with Gasteiger partial charge in [-0.1, -0.05) is 27.5 Å². The quantitative estimate of drug-likeness (QED) is 0.610. The maximum atomic E-state index is 12.0. The van der Waals surface area contributed by atoms with Gasteiger partial charge in [0.1, 0.15) is 10.8 Å². The van der Waals surface area contributed by atoms with Gasteiger partial charge in [0, 0.05) is 27.3 Å². The number of carbonyl (C=O) groups is 1. The van der Waals surface area contributed by atoms with Crippen molar-refractivity contribution in [3.63, 3.8) is 0 Å². The highest BCUT2D eigenvalue weighted by Gasteiger charge is 2.07. The first kappa shape index (κ1) is 17.0. The number of hydrogen-bond acceptors (Lipinski definition) is 4. The monoisotopic (exact) mass is 422 g/mol. The number of nitrogens with one attached hydrogen (secondary N) is 1. The minimum atomic E-state index is -0.254. The Morgan fingerprint density at radius 1 is 1.25 bits per heavy atom. The van der Waals surface area contributed by atoms with Crippen molar-refractivity contribution in [2.45, 2.75) is 0 Å². The van der Waals surface area contributed by atoms with Crippen molar-refractivity contribution in [2.24, 2.45) is 0 Å². The van der Waals surface area contributed by atoms with E-state index in [9.17, 15) is 4.79 Å². The zero-order valence-corrected chi connectivity index (χ0v) is 15.5. The minimum Gasteiger partial charge on any atom is -0.482 e. The van der Waals surface area contributed by atoms with Crippen LogP contribution in [0.4, 0.5) is 5.69 Å². The number of aromatic nitrogens is 1. The van der Waals surface area contributed by atoms with Gasteiger partial charge in [-0.25, -0.2) is 4.98 Å². The summed E-state index contributed by atoms with van der Waals surface area (Å²) in [4.78, 5) is 16.2. The molecule has 24 heavy (non-hydrogen) atoms. The molecule has 0 aliphatic carbocycles. The third-order valence-corrected chi connectivity index (χ3v) is 4.71. The highest BCUT2D eigenvalue weighted by atomic mass is 79.9. The fraction of sp³-hybridized carbons (Fsp3) is 0.0588. The Hall–Kier alpha value is -1.89. The SMILES string of the molecule is O=C(COc1ccc(Br)cc1Cl)Nc1ccc(-c2nccs2)cc1. The molecule has 0 saturated carbocycles. The number of hydrogen-bond donors (Lipinski definition) is 1. The fourth-order valence-corrected chi connectivity index (χ4v) is 3.37. The van der Waals surface area contributed by atoms with Gasteiger partial charge in [0.15, 0.2) is 6.61 Å². The van der Waals surface area contributed by atoms with Crippen molar-refractivity contribution in [1.29, 1.82) is 0 Å². The van der Waals surface area contributed by atoms with E-state index in [1.807, 2.05) is 29.6 Å². The summed E-state index contributed by atoms with van der Waals surface area (Å²) in [6.45, 7) is -0.115. The van der Waals surface area contributed by atoms with Gasteiger partial charge in [0.25, 0.3) is 5.91 Å². The van der Waals surface area contributed by atoms with Crippen LogP contribution < -0.4 is 10.1 Å². The minimum absolute atomic E-state index is 0.115. The number of nitrogens with zero attached hydrogens (tertiary/aromatic N) is 1. The standard InChI is InChI=1S/C17H12BrClN2O2S/c18-12-3-6-15(14(19)9-12)23-10-16(22)21-13-4-1-11(2-5-13)17-20-7-8-24-17/h1-9H,10H2,(H,21,22). The highest BCUT2D eigenvalue weighted by molar-refractivity contribution is 9.10. The van der Waals surface area contributed by atoms with E-state index in [1.165, 1.54) is 0 Å². The van der Waals surface area contributed by atoms with Crippen LogP contribution in [0.3, 0.4) is 0 Å². The highest BCUT2D eigenvalue weighted by Crippen LogP contribution is 2.27. The van der Waals surface area contributed by atoms with E-state index in [0.29, 0.717) is 16.5 Å². The lowest BCUT2D eigenvalue weighted by Gasteiger charge is -2.09. The molecule has 0 unspecified atom stereocenters. The molecule has 3 rings (SSSR count). The van der Waals surface area contributed by atoms with Crippen LogP contribution in [0.15, 0.2) is 58.5 Å². The Morgan fingerprint density at radius 2 is 2.04 bits per heavy atom. The van der Waals surface area contributed by atoms with E-state index >= 15 is 0 Å². The molecule has 0 fully saturated rings. The molecule has 0 saturated heterocycles. The maximum Gasteiger partial charge on any atom is 0.262 e. The fourth-order valence-electron chi connectivity index (χ4n) is 1.99. The molecule has 0 atom stereocenters. The number of thiazole rings is 1. The van der Waals surface area contributed by atoms with Gasteiger partial charge in [-0.15, -0.1) is 11.3 Å². The molecule has 1 amide bonds. The van der Waals surface area contributed by atoms with Gasteiger partial charge in [0.05, 0.1) is 5.02 Å². The second kappa shape index (κ2) is 7.79. The van der Waals surface area contributed by atoms with E-state index in [4.69, 9.17) is 16.3 Å². The summed E-state index contributed by atoms with van der Waals surface area (Å²) < 4.78 is 6.29. The molecular weight excluding hydrogens is 412 g/mol. The second-order valence-corrected chi connectivity index (χ2v) is 7.04. The van der Waals surface area contributed by atoms with Gasteiger partial charge in [-0.2, -0.15) is 0 Å². The lowest BCUT2D eigenvalue weighted by molar-refractivity contribution is -0.118. The summed E-state index contributed by atoms with van der Waals surface area (Å²) in [5, 5.41) is 6.10. The number of halogens is 2. The Labute approximate surface area is 156 Å². The zero-order valence-electron chi connectivity index (χ0n) is 12.3.